The molecular formula is C26H25FN4O2S. The molecule has 0 spiro atoms. The fourth-order valence-electron chi connectivity index (χ4n) is 3.54. The number of carbonyl (C=O) groups excluding carboxylic acids is 1. The number of aryl methyl sites for hydroxylation is 1. The van der Waals surface area contributed by atoms with Crippen LogP contribution < -0.4 is 10.1 Å². The number of benzene rings is 3. The number of rotatable bonds is 8. The average Bonchev–Trinajstić information content (AvgIpc) is 3.27. The van der Waals surface area contributed by atoms with Crippen LogP contribution in [0.25, 0.3) is 17.1 Å². The van der Waals surface area contributed by atoms with Crippen LogP contribution in [-0.2, 0) is 4.79 Å². The lowest BCUT2D eigenvalue weighted by Crippen LogP contribution is -2.28. The molecule has 0 fully saturated rings. The van der Waals surface area contributed by atoms with Gasteiger partial charge in [-0.1, -0.05) is 53.7 Å². The summed E-state index contributed by atoms with van der Waals surface area (Å²) in [4.78, 5) is 12.7. The van der Waals surface area contributed by atoms with Gasteiger partial charge in [0.1, 0.15) is 11.6 Å². The van der Waals surface area contributed by atoms with Crippen LogP contribution in [0.3, 0.4) is 0 Å². The van der Waals surface area contributed by atoms with Gasteiger partial charge in [-0.2, -0.15) is 0 Å². The molecule has 1 amide bonds. The van der Waals surface area contributed by atoms with Gasteiger partial charge in [0.2, 0.25) is 5.91 Å². The summed E-state index contributed by atoms with van der Waals surface area (Å²) in [6.45, 7) is 3.89. The van der Waals surface area contributed by atoms with Crippen LogP contribution in [0.5, 0.6) is 5.75 Å². The van der Waals surface area contributed by atoms with Gasteiger partial charge in [0, 0.05) is 5.69 Å². The Hall–Kier alpha value is -3.65. The molecule has 4 rings (SSSR count). The molecule has 6 nitrogen and oxygen atoms in total. The minimum absolute atomic E-state index is 0.154. The first-order valence-corrected chi connectivity index (χ1v) is 11.8. The standard InChI is InChI=1S/C26H25FN4O2S/c1-17-8-14-21(15-9-17)31-25(22-6-4-5-7-23(22)33-3)29-30-26(31)34-16-24(32)28-18(2)19-10-12-20(27)13-11-19/h4-15,18H,16H2,1-3H3,(H,28,32). The van der Waals surface area contributed by atoms with E-state index in [2.05, 4.69) is 15.5 Å². The number of carbonyl (C=O) groups is 1. The number of amides is 1. The molecule has 0 bridgehead atoms. The summed E-state index contributed by atoms with van der Waals surface area (Å²) in [5, 5.41) is 12.4. The van der Waals surface area contributed by atoms with Gasteiger partial charge >= 0.3 is 0 Å². The third-order valence-electron chi connectivity index (χ3n) is 5.35. The number of aromatic nitrogens is 3. The smallest absolute Gasteiger partial charge is 0.230 e. The largest absolute Gasteiger partial charge is 0.496 e. The van der Waals surface area contributed by atoms with E-state index in [0.29, 0.717) is 16.7 Å². The van der Waals surface area contributed by atoms with E-state index in [1.807, 2.05) is 66.9 Å². The van der Waals surface area contributed by atoms with Gasteiger partial charge in [0.25, 0.3) is 0 Å². The number of hydrogen-bond donors (Lipinski definition) is 1. The monoisotopic (exact) mass is 476 g/mol. The van der Waals surface area contributed by atoms with Crippen LogP contribution in [0.15, 0.2) is 78.0 Å². The van der Waals surface area contributed by atoms with Crippen molar-refractivity contribution in [1.82, 2.24) is 20.1 Å². The molecular weight excluding hydrogens is 451 g/mol. The van der Waals surface area contributed by atoms with Crippen LogP contribution in [0, 0.1) is 12.7 Å². The number of halogens is 1. The Morgan fingerprint density at radius 2 is 1.76 bits per heavy atom. The van der Waals surface area contributed by atoms with Gasteiger partial charge in [-0.3, -0.25) is 9.36 Å². The SMILES string of the molecule is COc1ccccc1-c1nnc(SCC(=O)NC(C)c2ccc(F)cc2)n1-c1ccc(C)cc1. The lowest BCUT2D eigenvalue weighted by Gasteiger charge is -2.15. The Morgan fingerprint density at radius 3 is 2.47 bits per heavy atom. The van der Waals surface area contributed by atoms with Crippen molar-refractivity contribution < 1.29 is 13.9 Å². The predicted octanol–water partition coefficient (Wildman–Crippen LogP) is 5.36. The Balaban J connectivity index is 1.58. The molecule has 0 saturated heterocycles. The Labute approximate surface area is 202 Å². The number of hydrogen-bond acceptors (Lipinski definition) is 5. The zero-order valence-corrected chi connectivity index (χ0v) is 20.0. The Bertz CT molecular complexity index is 1270. The van der Waals surface area contributed by atoms with Crippen LogP contribution >= 0.6 is 11.8 Å². The van der Waals surface area contributed by atoms with E-state index in [4.69, 9.17) is 4.74 Å². The van der Waals surface area contributed by atoms with Gasteiger partial charge in [-0.15, -0.1) is 10.2 Å². The molecule has 0 saturated carbocycles. The second-order valence-electron chi connectivity index (χ2n) is 7.81. The first-order chi connectivity index (χ1) is 16.5. The summed E-state index contributed by atoms with van der Waals surface area (Å²) in [7, 11) is 1.62. The van der Waals surface area contributed by atoms with Gasteiger partial charge in [-0.05, 0) is 55.8 Å². The second-order valence-corrected chi connectivity index (χ2v) is 8.75. The highest BCUT2D eigenvalue weighted by atomic mass is 32.2. The minimum atomic E-state index is -0.306. The van der Waals surface area contributed by atoms with Gasteiger partial charge in [0.05, 0.1) is 24.5 Å². The summed E-state index contributed by atoms with van der Waals surface area (Å²) >= 11 is 1.30. The highest BCUT2D eigenvalue weighted by molar-refractivity contribution is 7.99. The molecule has 34 heavy (non-hydrogen) atoms. The van der Waals surface area contributed by atoms with Crippen molar-refractivity contribution in [1.29, 1.82) is 0 Å². The van der Waals surface area contributed by atoms with E-state index < -0.39 is 0 Å². The summed E-state index contributed by atoms with van der Waals surface area (Å²) in [6.07, 6.45) is 0. The Morgan fingerprint density at radius 1 is 1.06 bits per heavy atom. The zero-order valence-electron chi connectivity index (χ0n) is 19.2. The average molecular weight is 477 g/mol. The summed E-state index contributed by atoms with van der Waals surface area (Å²) in [5.74, 6) is 1.01. The first kappa shape index (κ1) is 23.5. The maximum Gasteiger partial charge on any atom is 0.230 e. The van der Waals surface area contributed by atoms with E-state index in [0.717, 1.165) is 22.4 Å². The molecule has 1 unspecified atom stereocenters. The molecule has 1 N–H and O–H groups in total. The molecule has 0 aliphatic rings. The van der Waals surface area contributed by atoms with E-state index in [9.17, 15) is 9.18 Å². The predicted molar refractivity (Wildman–Crippen MR) is 132 cm³/mol. The third-order valence-corrected chi connectivity index (χ3v) is 6.28. The van der Waals surface area contributed by atoms with Crippen LogP contribution in [0.2, 0.25) is 0 Å². The van der Waals surface area contributed by atoms with E-state index in [1.165, 1.54) is 23.9 Å². The van der Waals surface area contributed by atoms with Crippen molar-refractivity contribution in [3.8, 4) is 22.8 Å². The van der Waals surface area contributed by atoms with Crippen LogP contribution in [0.1, 0.15) is 24.1 Å². The molecule has 174 valence electrons. The summed E-state index contributed by atoms with van der Waals surface area (Å²) in [6, 6.07) is 21.5. The maximum atomic E-state index is 13.2. The molecule has 0 aliphatic carbocycles. The van der Waals surface area contributed by atoms with Gasteiger partial charge in [-0.25, -0.2) is 4.39 Å². The molecule has 4 aromatic rings. The lowest BCUT2D eigenvalue weighted by atomic mass is 10.1. The highest BCUT2D eigenvalue weighted by Crippen LogP contribution is 2.33. The second kappa shape index (κ2) is 10.5. The number of para-hydroxylation sites is 1. The Kier molecular flexibility index (Phi) is 7.27. The number of thioether (sulfide) groups is 1. The van der Waals surface area contributed by atoms with Crippen LogP contribution in [-0.4, -0.2) is 33.5 Å². The summed E-state index contributed by atoms with van der Waals surface area (Å²) in [5.41, 5.74) is 3.67. The molecule has 1 aromatic heterocycles. The number of nitrogens with one attached hydrogen (secondary N) is 1. The lowest BCUT2D eigenvalue weighted by molar-refractivity contribution is -0.119. The summed E-state index contributed by atoms with van der Waals surface area (Å²) < 4.78 is 20.6. The van der Waals surface area contributed by atoms with Gasteiger partial charge < -0.3 is 10.1 Å². The number of ether oxygens (including phenoxy) is 1. The van der Waals surface area contributed by atoms with Crippen molar-refractivity contribution in [3.05, 3.63) is 89.7 Å². The van der Waals surface area contributed by atoms with Crippen molar-refractivity contribution in [2.24, 2.45) is 0 Å². The topological polar surface area (TPSA) is 69.0 Å². The van der Waals surface area contributed by atoms with Crippen molar-refractivity contribution in [2.75, 3.05) is 12.9 Å². The zero-order chi connectivity index (χ0) is 24.1. The van der Waals surface area contributed by atoms with E-state index >= 15 is 0 Å². The molecule has 0 aliphatic heterocycles. The molecule has 8 heteroatoms. The fraction of sp³-hybridized carbons (Fsp3) is 0.192. The van der Waals surface area contributed by atoms with Gasteiger partial charge in [0.15, 0.2) is 11.0 Å². The molecule has 1 atom stereocenters. The van der Waals surface area contributed by atoms with Crippen molar-refractivity contribution >= 4 is 17.7 Å². The fourth-order valence-corrected chi connectivity index (χ4v) is 4.30. The van der Waals surface area contributed by atoms with Crippen LogP contribution in [0.4, 0.5) is 4.39 Å². The number of nitrogens with zero attached hydrogens (tertiary/aromatic N) is 3. The molecule has 0 radical (unpaired) electrons. The molecule has 1 heterocycles. The minimum Gasteiger partial charge on any atom is -0.496 e. The quantitative estimate of drug-likeness (QED) is 0.347. The van der Waals surface area contributed by atoms with Crippen molar-refractivity contribution in [3.63, 3.8) is 0 Å². The van der Waals surface area contributed by atoms with E-state index in [-0.39, 0.29) is 23.5 Å². The normalized spacial score (nSPS) is 11.8. The third kappa shape index (κ3) is 5.28. The van der Waals surface area contributed by atoms with E-state index in [1.54, 1.807) is 19.2 Å². The first-order valence-electron chi connectivity index (χ1n) is 10.8. The molecule has 3 aromatic carbocycles. The highest BCUT2D eigenvalue weighted by Gasteiger charge is 2.20. The maximum absolute atomic E-state index is 13.2. The number of methoxy groups -OCH3 is 1. The van der Waals surface area contributed by atoms with Crippen molar-refractivity contribution in [2.45, 2.75) is 25.0 Å².